The molecule has 132 valence electrons. The van der Waals surface area contributed by atoms with Gasteiger partial charge in [0.1, 0.15) is 0 Å². The molecule has 1 amide bonds. The largest absolute Gasteiger partial charge is 0.346 e. The van der Waals surface area contributed by atoms with Gasteiger partial charge in [-0.05, 0) is 31.4 Å². The topological polar surface area (TPSA) is 39.7 Å². The molecule has 1 atom stereocenters. The van der Waals surface area contributed by atoms with Crippen LogP contribution < -0.4 is 9.80 Å². The number of hydrogen-bond donors (Lipinski definition) is 0. The van der Waals surface area contributed by atoms with Gasteiger partial charge < -0.3 is 9.80 Å². The molecule has 1 aromatic carbocycles. The molecule has 1 unspecified atom stereocenters. The van der Waals surface area contributed by atoms with Crippen molar-refractivity contribution < 1.29 is 4.79 Å². The Bertz CT molecular complexity index is 725. The van der Waals surface area contributed by atoms with Crippen molar-refractivity contribution >= 4 is 28.1 Å². The van der Waals surface area contributed by atoms with Crippen molar-refractivity contribution in [1.82, 2.24) is 9.88 Å². The first-order valence-corrected chi connectivity index (χ1v) is 9.90. The van der Waals surface area contributed by atoms with Crippen LogP contribution >= 0.6 is 11.3 Å². The minimum absolute atomic E-state index is 0.0791. The predicted molar refractivity (Wildman–Crippen MR) is 102 cm³/mol. The molecule has 2 aliphatic heterocycles. The van der Waals surface area contributed by atoms with Gasteiger partial charge in [-0.15, -0.1) is 11.3 Å². The third-order valence-corrected chi connectivity index (χ3v) is 6.12. The number of aryl methyl sites for hydroxylation is 1. The van der Waals surface area contributed by atoms with Gasteiger partial charge in [-0.1, -0.05) is 18.2 Å². The average Bonchev–Trinajstić information content (AvgIpc) is 3.21. The summed E-state index contributed by atoms with van der Waals surface area (Å²) in [5.74, 6) is 0.231. The van der Waals surface area contributed by atoms with E-state index in [2.05, 4.69) is 39.9 Å². The van der Waals surface area contributed by atoms with Crippen LogP contribution in [0.4, 0.5) is 10.8 Å². The van der Waals surface area contributed by atoms with Gasteiger partial charge in [0.05, 0.1) is 6.04 Å². The van der Waals surface area contributed by atoms with Gasteiger partial charge in [0.25, 0.3) is 0 Å². The van der Waals surface area contributed by atoms with Gasteiger partial charge in [0.15, 0.2) is 5.13 Å². The number of piperazine rings is 1. The second-order valence-corrected chi connectivity index (χ2v) is 7.61. The summed E-state index contributed by atoms with van der Waals surface area (Å²) < 4.78 is 0. The Morgan fingerprint density at radius 2 is 1.96 bits per heavy atom. The maximum Gasteiger partial charge on any atom is 0.244 e. The van der Waals surface area contributed by atoms with Crippen molar-refractivity contribution in [3.05, 3.63) is 41.4 Å². The summed E-state index contributed by atoms with van der Waals surface area (Å²) in [7, 11) is 0. The number of fused-ring (bicyclic) bond motifs is 1. The molecule has 6 heteroatoms. The molecule has 2 aliphatic rings. The van der Waals surface area contributed by atoms with Gasteiger partial charge in [-0.3, -0.25) is 9.69 Å². The van der Waals surface area contributed by atoms with Gasteiger partial charge in [0, 0.05) is 50.0 Å². The lowest BCUT2D eigenvalue weighted by molar-refractivity contribution is -0.123. The molecule has 5 nitrogen and oxygen atoms in total. The SMILES string of the molecule is CC(C(=O)N1CCCc2ccccc21)N1CCN(c2nccs2)CC1. The summed E-state index contributed by atoms with van der Waals surface area (Å²) in [4.78, 5) is 24.1. The maximum absolute atomic E-state index is 13.1. The number of benzene rings is 1. The van der Waals surface area contributed by atoms with E-state index in [-0.39, 0.29) is 11.9 Å². The molecule has 0 radical (unpaired) electrons. The van der Waals surface area contributed by atoms with Crippen molar-refractivity contribution in [2.45, 2.75) is 25.8 Å². The molecule has 4 rings (SSSR count). The summed E-state index contributed by atoms with van der Waals surface area (Å²) in [6.07, 6.45) is 3.97. The highest BCUT2D eigenvalue weighted by atomic mass is 32.1. The number of hydrogen-bond acceptors (Lipinski definition) is 5. The minimum Gasteiger partial charge on any atom is -0.346 e. The lowest BCUT2D eigenvalue weighted by Crippen LogP contribution is -2.55. The molecule has 0 aliphatic carbocycles. The van der Waals surface area contributed by atoms with Crippen molar-refractivity contribution in [2.75, 3.05) is 42.5 Å². The first-order chi connectivity index (χ1) is 12.2. The van der Waals surface area contributed by atoms with E-state index in [0.29, 0.717) is 0 Å². The molecule has 1 aromatic heterocycles. The Morgan fingerprint density at radius 3 is 2.72 bits per heavy atom. The fourth-order valence-corrected chi connectivity index (χ4v) is 4.51. The number of thiazole rings is 1. The third-order valence-electron chi connectivity index (χ3n) is 5.29. The molecule has 0 bridgehead atoms. The van der Waals surface area contributed by atoms with Crippen LogP contribution in [0, 0.1) is 0 Å². The van der Waals surface area contributed by atoms with Crippen LogP contribution in [-0.4, -0.2) is 54.6 Å². The minimum atomic E-state index is -0.0791. The van der Waals surface area contributed by atoms with E-state index in [0.717, 1.165) is 56.4 Å². The van der Waals surface area contributed by atoms with E-state index in [4.69, 9.17) is 0 Å². The smallest absolute Gasteiger partial charge is 0.244 e. The summed E-state index contributed by atoms with van der Waals surface area (Å²) in [6, 6.07) is 8.24. The Labute approximate surface area is 152 Å². The molecule has 3 heterocycles. The van der Waals surface area contributed by atoms with Crippen LogP contribution in [0.2, 0.25) is 0 Å². The number of carbonyl (C=O) groups is 1. The molecule has 25 heavy (non-hydrogen) atoms. The quantitative estimate of drug-likeness (QED) is 0.848. The zero-order chi connectivity index (χ0) is 17.2. The summed E-state index contributed by atoms with van der Waals surface area (Å²) in [5.41, 5.74) is 2.40. The number of anilines is 2. The third kappa shape index (κ3) is 3.28. The van der Waals surface area contributed by atoms with Crippen LogP contribution in [0.3, 0.4) is 0 Å². The lowest BCUT2D eigenvalue weighted by Gasteiger charge is -2.39. The Balaban J connectivity index is 1.42. The van der Waals surface area contributed by atoms with E-state index < -0.39 is 0 Å². The molecule has 0 saturated carbocycles. The molecule has 2 aromatic rings. The number of rotatable bonds is 3. The lowest BCUT2D eigenvalue weighted by atomic mass is 10.0. The van der Waals surface area contributed by atoms with Crippen LogP contribution in [0.15, 0.2) is 35.8 Å². The standard InChI is InChI=1S/C19H24N4OS/c1-15(21-10-12-22(13-11-21)19-20-8-14-25-19)18(24)23-9-4-6-16-5-2-3-7-17(16)23/h2-3,5,7-8,14-15H,4,6,9-13H2,1H3. The predicted octanol–water partition coefficient (Wildman–Crippen LogP) is 2.63. The molecular weight excluding hydrogens is 332 g/mol. The zero-order valence-corrected chi connectivity index (χ0v) is 15.4. The Kier molecular flexibility index (Phi) is 4.72. The molecule has 1 saturated heterocycles. The highest BCUT2D eigenvalue weighted by molar-refractivity contribution is 7.13. The normalized spacial score (nSPS) is 19.6. The van der Waals surface area contributed by atoms with Crippen LogP contribution in [0.1, 0.15) is 18.9 Å². The molecular formula is C19H24N4OS. The number of amides is 1. The van der Waals surface area contributed by atoms with E-state index in [1.165, 1.54) is 5.56 Å². The van der Waals surface area contributed by atoms with Crippen LogP contribution in [0.5, 0.6) is 0 Å². The second-order valence-electron chi connectivity index (χ2n) is 6.74. The van der Waals surface area contributed by atoms with E-state index in [9.17, 15) is 4.79 Å². The van der Waals surface area contributed by atoms with Crippen LogP contribution in [-0.2, 0) is 11.2 Å². The number of nitrogens with zero attached hydrogens (tertiary/aromatic N) is 4. The molecule has 0 N–H and O–H groups in total. The van der Waals surface area contributed by atoms with Gasteiger partial charge >= 0.3 is 0 Å². The fraction of sp³-hybridized carbons (Fsp3) is 0.474. The maximum atomic E-state index is 13.1. The molecule has 0 spiro atoms. The summed E-state index contributed by atoms with van der Waals surface area (Å²) in [5, 5.41) is 3.10. The van der Waals surface area contributed by atoms with E-state index in [1.807, 2.05) is 22.5 Å². The molecule has 1 fully saturated rings. The summed E-state index contributed by atoms with van der Waals surface area (Å²) >= 11 is 1.68. The average molecular weight is 356 g/mol. The highest BCUT2D eigenvalue weighted by Crippen LogP contribution is 2.28. The van der Waals surface area contributed by atoms with Gasteiger partial charge in [-0.2, -0.15) is 0 Å². The van der Waals surface area contributed by atoms with E-state index >= 15 is 0 Å². The fourth-order valence-electron chi connectivity index (χ4n) is 3.82. The number of aromatic nitrogens is 1. The van der Waals surface area contributed by atoms with Crippen molar-refractivity contribution in [2.24, 2.45) is 0 Å². The van der Waals surface area contributed by atoms with Crippen LogP contribution in [0.25, 0.3) is 0 Å². The van der Waals surface area contributed by atoms with Gasteiger partial charge in [-0.25, -0.2) is 4.98 Å². The van der Waals surface area contributed by atoms with Crippen molar-refractivity contribution in [1.29, 1.82) is 0 Å². The van der Waals surface area contributed by atoms with Gasteiger partial charge in [0.2, 0.25) is 5.91 Å². The van der Waals surface area contributed by atoms with E-state index in [1.54, 1.807) is 11.3 Å². The first kappa shape index (κ1) is 16.5. The van der Waals surface area contributed by atoms with Crippen molar-refractivity contribution in [3.8, 4) is 0 Å². The number of carbonyl (C=O) groups excluding carboxylic acids is 1. The first-order valence-electron chi connectivity index (χ1n) is 9.02. The highest BCUT2D eigenvalue weighted by Gasteiger charge is 2.31. The summed E-state index contributed by atoms with van der Waals surface area (Å²) in [6.45, 7) is 6.56. The Morgan fingerprint density at radius 1 is 1.16 bits per heavy atom. The second kappa shape index (κ2) is 7.14. The number of para-hydroxylation sites is 1. The zero-order valence-electron chi connectivity index (χ0n) is 14.6. The van der Waals surface area contributed by atoms with Crippen molar-refractivity contribution in [3.63, 3.8) is 0 Å². The monoisotopic (exact) mass is 356 g/mol. The Hall–Kier alpha value is -1.92.